The number of nitrogens with zero attached hydrogens (tertiary/aromatic N) is 6. The van der Waals surface area contributed by atoms with E-state index in [1.54, 1.807) is 6.92 Å². The van der Waals surface area contributed by atoms with Crippen LogP contribution >= 0.6 is 0 Å². The second kappa shape index (κ2) is 8.98. The van der Waals surface area contributed by atoms with Crippen LogP contribution in [0.2, 0.25) is 0 Å². The van der Waals surface area contributed by atoms with Gasteiger partial charge in [-0.15, -0.1) is 0 Å². The molecular formula is C24H30N6O. The third kappa shape index (κ3) is 4.66. The van der Waals surface area contributed by atoms with Crippen molar-refractivity contribution in [3.8, 4) is 0 Å². The monoisotopic (exact) mass is 418 g/mol. The summed E-state index contributed by atoms with van der Waals surface area (Å²) in [4.78, 5) is 32.4. The van der Waals surface area contributed by atoms with E-state index in [2.05, 4.69) is 41.2 Å². The van der Waals surface area contributed by atoms with E-state index in [9.17, 15) is 4.79 Å². The number of likely N-dealkylation sites (tertiary alicyclic amines) is 1. The highest BCUT2D eigenvalue weighted by atomic mass is 16.2. The molecule has 3 aromatic rings. The molecule has 3 heterocycles. The highest BCUT2D eigenvalue weighted by molar-refractivity contribution is 5.81. The van der Waals surface area contributed by atoms with E-state index in [1.807, 2.05) is 42.2 Å². The number of hydrogen-bond acceptors (Lipinski definition) is 6. The van der Waals surface area contributed by atoms with Gasteiger partial charge in [-0.1, -0.05) is 24.3 Å². The Bertz CT molecular complexity index is 1080. The summed E-state index contributed by atoms with van der Waals surface area (Å²) in [6, 6.07) is 12.4. The second-order valence-electron chi connectivity index (χ2n) is 8.51. The first-order valence-corrected chi connectivity index (χ1v) is 10.8. The van der Waals surface area contributed by atoms with E-state index in [4.69, 9.17) is 9.97 Å². The Balaban J connectivity index is 1.58. The van der Waals surface area contributed by atoms with E-state index in [-0.39, 0.29) is 11.9 Å². The fourth-order valence-electron chi connectivity index (χ4n) is 4.29. The first-order chi connectivity index (χ1) is 14.9. The minimum Gasteiger partial charge on any atom is -0.363 e. The van der Waals surface area contributed by atoms with E-state index in [0.29, 0.717) is 6.54 Å². The molecule has 1 aromatic carbocycles. The van der Waals surface area contributed by atoms with Gasteiger partial charge in [0.1, 0.15) is 5.82 Å². The molecule has 0 saturated carbocycles. The number of anilines is 1. The van der Waals surface area contributed by atoms with Gasteiger partial charge < -0.3 is 9.80 Å². The molecule has 0 spiro atoms. The number of para-hydroxylation sites is 1. The van der Waals surface area contributed by atoms with Gasteiger partial charge in [0.25, 0.3) is 0 Å². The van der Waals surface area contributed by atoms with Gasteiger partial charge in [-0.3, -0.25) is 14.7 Å². The van der Waals surface area contributed by atoms with Gasteiger partial charge in [-0.2, -0.15) is 0 Å². The molecule has 0 aliphatic carbocycles. The van der Waals surface area contributed by atoms with Crippen molar-refractivity contribution in [3.63, 3.8) is 0 Å². The minimum atomic E-state index is -0.0382. The van der Waals surface area contributed by atoms with Crippen LogP contribution in [-0.2, 0) is 17.9 Å². The van der Waals surface area contributed by atoms with Crippen LogP contribution < -0.4 is 4.90 Å². The van der Waals surface area contributed by atoms with Gasteiger partial charge in [0.2, 0.25) is 5.91 Å². The Labute approximate surface area is 183 Å². The van der Waals surface area contributed by atoms with Gasteiger partial charge in [-0.25, -0.2) is 9.97 Å². The molecule has 162 valence electrons. The number of pyridine rings is 1. The zero-order valence-corrected chi connectivity index (χ0v) is 18.7. The van der Waals surface area contributed by atoms with E-state index >= 15 is 0 Å². The van der Waals surface area contributed by atoms with Crippen molar-refractivity contribution in [1.82, 2.24) is 24.8 Å². The van der Waals surface area contributed by atoms with Crippen molar-refractivity contribution in [1.29, 1.82) is 0 Å². The van der Waals surface area contributed by atoms with Gasteiger partial charge in [-0.05, 0) is 31.5 Å². The van der Waals surface area contributed by atoms with Gasteiger partial charge in [0.15, 0.2) is 5.82 Å². The van der Waals surface area contributed by atoms with Crippen LogP contribution in [0.1, 0.15) is 42.9 Å². The molecule has 1 saturated heterocycles. The Kier molecular flexibility index (Phi) is 6.13. The predicted molar refractivity (Wildman–Crippen MR) is 123 cm³/mol. The molecule has 0 radical (unpaired) electrons. The zero-order valence-electron chi connectivity index (χ0n) is 18.7. The van der Waals surface area contributed by atoms with E-state index in [1.165, 1.54) is 5.56 Å². The third-order valence-electron chi connectivity index (χ3n) is 5.78. The summed E-state index contributed by atoms with van der Waals surface area (Å²) in [5, 5.41) is 1.15. The fraction of sp³-hybridized carbons (Fsp3) is 0.417. The van der Waals surface area contributed by atoms with Crippen molar-refractivity contribution >= 4 is 22.6 Å². The number of carbonyl (C=O) groups excluding carboxylic acids is 1. The fourth-order valence-corrected chi connectivity index (χ4v) is 4.29. The number of carbonyl (C=O) groups is 1. The van der Waals surface area contributed by atoms with Crippen molar-refractivity contribution in [2.45, 2.75) is 38.9 Å². The molecule has 1 aliphatic heterocycles. The summed E-state index contributed by atoms with van der Waals surface area (Å²) < 4.78 is 0. The second-order valence-corrected chi connectivity index (χ2v) is 8.51. The number of fused-ring (bicyclic) bond motifs is 1. The van der Waals surface area contributed by atoms with E-state index < -0.39 is 0 Å². The Morgan fingerprint density at radius 2 is 1.94 bits per heavy atom. The van der Waals surface area contributed by atoms with Crippen LogP contribution in [0.5, 0.6) is 0 Å². The number of rotatable bonds is 6. The van der Waals surface area contributed by atoms with Crippen molar-refractivity contribution < 1.29 is 4.79 Å². The summed E-state index contributed by atoms with van der Waals surface area (Å²) in [5.74, 6) is 1.70. The quantitative estimate of drug-likeness (QED) is 0.611. The molecule has 7 heteroatoms. The van der Waals surface area contributed by atoms with Gasteiger partial charge >= 0.3 is 0 Å². The van der Waals surface area contributed by atoms with Crippen molar-refractivity contribution in [2.75, 3.05) is 32.6 Å². The smallest absolute Gasteiger partial charge is 0.220 e. The van der Waals surface area contributed by atoms with Crippen molar-refractivity contribution in [3.05, 3.63) is 59.7 Å². The molecule has 2 aromatic heterocycles. The maximum atomic E-state index is 12.1. The lowest BCUT2D eigenvalue weighted by Crippen LogP contribution is -2.30. The Morgan fingerprint density at radius 3 is 2.71 bits per heavy atom. The van der Waals surface area contributed by atoms with E-state index in [0.717, 1.165) is 54.2 Å². The zero-order chi connectivity index (χ0) is 22.0. The summed E-state index contributed by atoms with van der Waals surface area (Å²) in [6.45, 7) is 3.86. The standard InChI is InChI=1S/C24H30N6O/c1-17(31)30-13-7-11-21(30)24-26-20(14-22(27-24)28(2)3)16-29(4)15-19-9-5-8-18-10-6-12-25-23(18)19/h5-6,8-10,12,14,21H,7,11,13,15-16H2,1-4H3/t21-/m0/s1. The molecule has 0 N–H and O–H groups in total. The lowest BCUT2D eigenvalue weighted by molar-refractivity contribution is -0.129. The lowest BCUT2D eigenvalue weighted by Gasteiger charge is -2.24. The lowest BCUT2D eigenvalue weighted by atomic mass is 10.1. The normalized spacial score (nSPS) is 16.3. The summed E-state index contributed by atoms with van der Waals surface area (Å²) >= 11 is 0. The highest BCUT2D eigenvalue weighted by Crippen LogP contribution is 2.31. The van der Waals surface area contributed by atoms with Crippen molar-refractivity contribution in [2.24, 2.45) is 0 Å². The average molecular weight is 419 g/mol. The number of benzene rings is 1. The van der Waals surface area contributed by atoms with Crippen LogP contribution in [0.3, 0.4) is 0 Å². The third-order valence-corrected chi connectivity index (χ3v) is 5.78. The Hall–Kier alpha value is -3.06. The summed E-state index contributed by atoms with van der Waals surface area (Å²) in [7, 11) is 6.06. The molecule has 7 nitrogen and oxygen atoms in total. The first-order valence-electron chi connectivity index (χ1n) is 10.8. The topological polar surface area (TPSA) is 65.5 Å². The van der Waals surface area contributed by atoms with Gasteiger partial charge in [0, 0.05) is 58.3 Å². The van der Waals surface area contributed by atoms with Crippen LogP contribution in [0.25, 0.3) is 10.9 Å². The SMILES string of the molecule is CC(=O)N1CCC[C@H]1c1nc(CN(C)Cc2cccc3cccnc23)cc(N(C)C)n1. The molecule has 1 fully saturated rings. The maximum Gasteiger partial charge on any atom is 0.220 e. The first kappa shape index (κ1) is 21.2. The Morgan fingerprint density at radius 1 is 1.13 bits per heavy atom. The number of hydrogen-bond donors (Lipinski definition) is 0. The summed E-state index contributed by atoms with van der Waals surface area (Å²) in [5.41, 5.74) is 3.19. The predicted octanol–water partition coefficient (Wildman–Crippen LogP) is 3.41. The van der Waals surface area contributed by atoms with Crippen LogP contribution in [0, 0.1) is 0 Å². The van der Waals surface area contributed by atoms with Crippen LogP contribution in [0.4, 0.5) is 5.82 Å². The summed E-state index contributed by atoms with van der Waals surface area (Å²) in [6.07, 6.45) is 3.74. The molecule has 0 unspecified atom stereocenters. The number of amides is 1. The minimum absolute atomic E-state index is 0.0382. The largest absolute Gasteiger partial charge is 0.363 e. The molecule has 31 heavy (non-hydrogen) atoms. The molecular weight excluding hydrogens is 388 g/mol. The molecule has 1 atom stereocenters. The maximum absolute atomic E-state index is 12.1. The van der Waals surface area contributed by atoms with Crippen LogP contribution in [-0.4, -0.2) is 58.3 Å². The van der Waals surface area contributed by atoms with Crippen LogP contribution in [0.15, 0.2) is 42.6 Å². The highest BCUT2D eigenvalue weighted by Gasteiger charge is 2.30. The van der Waals surface area contributed by atoms with Gasteiger partial charge in [0.05, 0.1) is 17.3 Å². The molecule has 1 aliphatic rings. The molecule has 0 bridgehead atoms. The average Bonchev–Trinajstić information content (AvgIpc) is 3.24. The molecule has 4 rings (SSSR count). The molecule has 1 amide bonds. The number of aromatic nitrogens is 3.